The summed E-state index contributed by atoms with van der Waals surface area (Å²) in [6.45, 7) is 5.52. The average Bonchev–Trinajstić information content (AvgIpc) is 2.40. The number of sulfonamides is 1. The molecule has 0 saturated carbocycles. The average molecular weight is 341 g/mol. The Morgan fingerprint density at radius 1 is 1.23 bits per heavy atom. The van der Waals surface area contributed by atoms with Gasteiger partial charge in [0.25, 0.3) is 10.0 Å². The fraction of sp³-hybridized carbons (Fsp3) is 0.267. The molecular weight excluding hydrogens is 324 g/mol. The van der Waals surface area contributed by atoms with Gasteiger partial charge in [0.15, 0.2) is 0 Å². The van der Waals surface area contributed by atoms with Crippen molar-refractivity contribution in [2.75, 3.05) is 4.72 Å². The Morgan fingerprint density at radius 2 is 1.95 bits per heavy atom. The molecule has 0 spiro atoms. The van der Waals surface area contributed by atoms with Crippen molar-refractivity contribution in [2.24, 2.45) is 0 Å². The first kappa shape index (κ1) is 16.6. The molecular formula is C15H17ClN2O3S. The molecule has 0 atom stereocenters. The van der Waals surface area contributed by atoms with Crippen molar-refractivity contribution in [2.45, 2.75) is 31.8 Å². The van der Waals surface area contributed by atoms with Gasteiger partial charge in [-0.3, -0.25) is 9.71 Å². The van der Waals surface area contributed by atoms with Crippen LogP contribution in [0.25, 0.3) is 0 Å². The summed E-state index contributed by atoms with van der Waals surface area (Å²) in [5, 5.41) is 0.252. The lowest BCUT2D eigenvalue weighted by molar-refractivity contribution is 0.242. The van der Waals surface area contributed by atoms with Crippen LogP contribution < -0.4 is 9.46 Å². The number of nitrogens with zero attached hydrogens (tertiary/aromatic N) is 1. The molecule has 2 aromatic rings. The smallest absolute Gasteiger partial charge is 0.261 e. The van der Waals surface area contributed by atoms with Crippen molar-refractivity contribution in [1.82, 2.24) is 4.98 Å². The van der Waals surface area contributed by atoms with Crippen LogP contribution in [0.2, 0.25) is 5.02 Å². The van der Waals surface area contributed by atoms with E-state index in [1.807, 2.05) is 13.8 Å². The summed E-state index contributed by atoms with van der Waals surface area (Å²) in [5.74, 6) is 0.454. The third-order valence-electron chi connectivity index (χ3n) is 2.73. The van der Waals surface area contributed by atoms with Gasteiger partial charge in [0, 0.05) is 11.9 Å². The first-order valence-corrected chi connectivity index (χ1v) is 8.56. The number of ether oxygens (including phenoxy) is 1. The van der Waals surface area contributed by atoms with Crippen molar-refractivity contribution in [3.05, 3.63) is 47.2 Å². The molecule has 0 amide bonds. The van der Waals surface area contributed by atoms with Crippen LogP contribution in [0, 0.1) is 6.92 Å². The van der Waals surface area contributed by atoms with Gasteiger partial charge >= 0.3 is 0 Å². The van der Waals surface area contributed by atoms with E-state index < -0.39 is 10.0 Å². The third kappa shape index (κ3) is 4.11. The predicted octanol–water partition coefficient (Wildman–Crippen LogP) is 3.63. The number of hydrogen-bond donors (Lipinski definition) is 1. The van der Waals surface area contributed by atoms with Crippen LogP contribution >= 0.6 is 11.6 Å². The van der Waals surface area contributed by atoms with E-state index in [-0.39, 0.29) is 16.0 Å². The van der Waals surface area contributed by atoms with Crippen molar-refractivity contribution in [3.8, 4) is 5.75 Å². The normalized spacial score (nSPS) is 11.5. The van der Waals surface area contributed by atoms with Crippen LogP contribution in [-0.4, -0.2) is 19.5 Å². The van der Waals surface area contributed by atoms with Crippen molar-refractivity contribution in [3.63, 3.8) is 0 Å². The highest BCUT2D eigenvalue weighted by Crippen LogP contribution is 2.29. The fourth-order valence-corrected chi connectivity index (χ4v) is 3.19. The molecule has 1 aromatic heterocycles. The Hall–Kier alpha value is -1.79. The van der Waals surface area contributed by atoms with Gasteiger partial charge in [-0.25, -0.2) is 8.42 Å². The molecule has 22 heavy (non-hydrogen) atoms. The fourth-order valence-electron chi connectivity index (χ4n) is 1.82. The Bertz CT molecular complexity index is 776. The molecule has 0 aliphatic rings. The number of hydrogen-bond acceptors (Lipinski definition) is 4. The van der Waals surface area contributed by atoms with Gasteiger partial charge in [-0.05, 0) is 51.1 Å². The van der Waals surface area contributed by atoms with Gasteiger partial charge in [0.05, 0.1) is 21.7 Å². The number of benzene rings is 1. The molecule has 1 N–H and O–H groups in total. The molecule has 0 aliphatic heterocycles. The summed E-state index contributed by atoms with van der Waals surface area (Å²) < 4.78 is 32.7. The van der Waals surface area contributed by atoms with E-state index in [0.717, 1.165) is 5.69 Å². The van der Waals surface area contributed by atoms with Gasteiger partial charge in [-0.2, -0.15) is 0 Å². The van der Waals surface area contributed by atoms with Crippen LogP contribution in [0.3, 0.4) is 0 Å². The van der Waals surface area contributed by atoms with Crippen molar-refractivity contribution < 1.29 is 13.2 Å². The minimum absolute atomic E-state index is 0.0436. The molecule has 0 saturated heterocycles. The first-order valence-electron chi connectivity index (χ1n) is 6.69. The highest BCUT2D eigenvalue weighted by atomic mass is 35.5. The standard InChI is InChI=1S/C15H17ClN2O3S/c1-10(2)21-15-5-4-13(9-14(15)16)22(19,20)18-12-6-7-17-11(3)8-12/h4-10H,1-3H3,(H,17,18). The van der Waals surface area contributed by atoms with E-state index >= 15 is 0 Å². The second-order valence-electron chi connectivity index (χ2n) is 5.05. The van der Waals surface area contributed by atoms with Crippen LogP contribution in [0.4, 0.5) is 5.69 Å². The lowest BCUT2D eigenvalue weighted by Crippen LogP contribution is -2.13. The summed E-state index contributed by atoms with van der Waals surface area (Å²) in [7, 11) is -3.72. The zero-order chi connectivity index (χ0) is 16.3. The number of aryl methyl sites for hydroxylation is 1. The quantitative estimate of drug-likeness (QED) is 0.902. The Morgan fingerprint density at radius 3 is 2.55 bits per heavy atom. The second-order valence-corrected chi connectivity index (χ2v) is 7.14. The predicted molar refractivity (Wildman–Crippen MR) is 87.0 cm³/mol. The molecule has 118 valence electrons. The maximum atomic E-state index is 12.4. The molecule has 0 aliphatic carbocycles. The van der Waals surface area contributed by atoms with Crippen LogP contribution in [0.5, 0.6) is 5.75 Å². The summed E-state index contributed by atoms with van der Waals surface area (Å²) >= 11 is 6.08. The number of pyridine rings is 1. The highest BCUT2D eigenvalue weighted by Gasteiger charge is 2.17. The highest BCUT2D eigenvalue weighted by molar-refractivity contribution is 7.92. The van der Waals surface area contributed by atoms with Gasteiger partial charge < -0.3 is 4.74 Å². The molecule has 0 fully saturated rings. The third-order valence-corrected chi connectivity index (χ3v) is 4.40. The Kier molecular flexibility index (Phi) is 4.93. The number of anilines is 1. The Labute approximate surface area is 135 Å². The van der Waals surface area contributed by atoms with E-state index in [1.54, 1.807) is 31.3 Å². The van der Waals surface area contributed by atoms with E-state index in [9.17, 15) is 8.42 Å². The molecule has 1 aromatic carbocycles. The van der Waals surface area contributed by atoms with Gasteiger partial charge in [0.1, 0.15) is 5.75 Å². The number of aromatic nitrogens is 1. The second kappa shape index (κ2) is 6.54. The maximum absolute atomic E-state index is 12.4. The Balaban J connectivity index is 2.28. The maximum Gasteiger partial charge on any atom is 0.261 e. The minimum atomic E-state index is -3.72. The number of halogens is 1. The van der Waals surface area contributed by atoms with E-state index in [4.69, 9.17) is 16.3 Å². The summed E-state index contributed by atoms with van der Waals surface area (Å²) in [6, 6.07) is 7.61. The molecule has 1 heterocycles. The van der Waals surface area contributed by atoms with Crippen molar-refractivity contribution >= 4 is 27.3 Å². The number of rotatable bonds is 5. The number of nitrogens with one attached hydrogen (secondary N) is 1. The largest absolute Gasteiger partial charge is 0.489 e. The zero-order valence-corrected chi connectivity index (χ0v) is 14.1. The van der Waals surface area contributed by atoms with Gasteiger partial charge in [-0.1, -0.05) is 11.6 Å². The lowest BCUT2D eigenvalue weighted by atomic mass is 10.3. The summed E-state index contributed by atoms with van der Waals surface area (Å²) in [4.78, 5) is 4.10. The molecule has 0 bridgehead atoms. The van der Waals surface area contributed by atoms with Crippen LogP contribution in [0.1, 0.15) is 19.5 Å². The van der Waals surface area contributed by atoms with Gasteiger partial charge in [0.2, 0.25) is 0 Å². The lowest BCUT2D eigenvalue weighted by Gasteiger charge is -2.13. The van der Waals surface area contributed by atoms with Crippen molar-refractivity contribution in [1.29, 1.82) is 0 Å². The minimum Gasteiger partial charge on any atom is -0.489 e. The van der Waals surface area contributed by atoms with Crippen LogP contribution in [-0.2, 0) is 10.0 Å². The SMILES string of the molecule is Cc1cc(NS(=O)(=O)c2ccc(OC(C)C)c(Cl)c2)ccn1. The summed E-state index contributed by atoms with van der Waals surface area (Å²) in [5.41, 5.74) is 1.17. The molecule has 5 nitrogen and oxygen atoms in total. The monoisotopic (exact) mass is 340 g/mol. The zero-order valence-electron chi connectivity index (χ0n) is 12.5. The molecule has 0 radical (unpaired) electrons. The molecule has 2 rings (SSSR count). The van der Waals surface area contributed by atoms with E-state index in [1.165, 1.54) is 12.1 Å². The van der Waals surface area contributed by atoms with Crippen LogP contribution in [0.15, 0.2) is 41.4 Å². The molecule has 0 unspecified atom stereocenters. The summed E-state index contributed by atoms with van der Waals surface area (Å²) in [6.07, 6.45) is 1.50. The molecule has 7 heteroatoms. The van der Waals surface area contributed by atoms with Gasteiger partial charge in [-0.15, -0.1) is 0 Å². The first-order chi connectivity index (χ1) is 10.3. The van der Waals surface area contributed by atoms with E-state index in [2.05, 4.69) is 9.71 Å². The topological polar surface area (TPSA) is 68.3 Å². The van der Waals surface area contributed by atoms with E-state index in [0.29, 0.717) is 11.4 Å².